The van der Waals surface area contributed by atoms with E-state index >= 15 is 0 Å². The summed E-state index contributed by atoms with van der Waals surface area (Å²) in [6.45, 7) is 2.37. The van der Waals surface area contributed by atoms with E-state index in [0.717, 1.165) is 13.2 Å². The number of hydrogen-bond acceptors (Lipinski definition) is 6. The van der Waals surface area contributed by atoms with E-state index in [1.807, 2.05) is 0 Å². The summed E-state index contributed by atoms with van der Waals surface area (Å²) in [5.74, 6) is 0. The second-order valence-corrected chi connectivity index (χ2v) is 2.55. The smallest absolute Gasteiger partial charge is 0.158 e. The Kier molecular flexibility index (Phi) is 1.97. The van der Waals surface area contributed by atoms with Crippen molar-refractivity contribution in [3.05, 3.63) is 0 Å². The Bertz CT molecular complexity index is 155. The predicted molar refractivity (Wildman–Crippen MR) is 37.5 cm³/mol. The van der Waals surface area contributed by atoms with Gasteiger partial charge in [0, 0.05) is 6.54 Å². The zero-order valence-corrected chi connectivity index (χ0v) is 6.08. The molecular formula is C5H11N5O. The van der Waals surface area contributed by atoms with Crippen LogP contribution in [0.1, 0.15) is 0 Å². The molecule has 0 aromatic carbocycles. The van der Waals surface area contributed by atoms with Crippen LogP contribution in [0.3, 0.4) is 0 Å². The highest BCUT2D eigenvalue weighted by molar-refractivity contribution is 4.81. The zero-order valence-electron chi connectivity index (χ0n) is 6.08. The summed E-state index contributed by atoms with van der Waals surface area (Å²) in [6.07, 6.45) is 0.00954. The van der Waals surface area contributed by atoms with Crippen LogP contribution in [0, 0.1) is 0 Å². The van der Waals surface area contributed by atoms with Crippen LogP contribution in [0.2, 0.25) is 0 Å². The minimum atomic E-state index is 0.00954. The molecule has 6 heteroatoms. The number of rotatable bonds is 1. The second kappa shape index (κ2) is 3.12. The third kappa shape index (κ3) is 1.47. The van der Waals surface area contributed by atoms with Crippen molar-refractivity contribution in [1.82, 2.24) is 16.3 Å². The highest BCUT2D eigenvalue weighted by Gasteiger charge is 2.25. The fourth-order valence-corrected chi connectivity index (χ4v) is 1.18. The van der Waals surface area contributed by atoms with Crippen molar-refractivity contribution in [2.75, 3.05) is 19.8 Å². The lowest BCUT2D eigenvalue weighted by Crippen LogP contribution is -2.53. The molecule has 0 saturated carbocycles. The largest absolute Gasteiger partial charge is 0.378 e. The Morgan fingerprint density at radius 2 is 2.45 bits per heavy atom. The van der Waals surface area contributed by atoms with Crippen molar-refractivity contribution in [3.63, 3.8) is 0 Å². The summed E-state index contributed by atoms with van der Waals surface area (Å²) in [5.41, 5.74) is 5.48. The lowest BCUT2D eigenvalue weighted by atomic mass is 10.2. The maximum atomic E-state index is 5.26. The zero-order chi connectivity index (χ0) is 7.52. The fraction of sp³-hybridized carbons (Fsp3) is 1.00. The van der Waals surface area contributed by atoms with E-state index < -0.39 is 0 Å². The number of hydrazine groups is 1. The van der Waals surface area contributed by atoms with Gasteiger partial charge in [-0.05, 0) is 0 Å². The molecule has 0 aliphatic carbocycles. The van der Waals surface area contributed by atoms with Crippen LogP contribution in [0.25, 0.3) is 0 Å². The van der Waals surface area contributed by atoms with E-state index in [2.05, 4.69) is 26.6 Å². The van der Waals surface area contributed by atoms with Crippen LogP contribution < -0.4 is 16.3 Å². The Morgan fingerprint density at radius 3 is 3.09 bits per heavy atom. The van der Waals surface area contributed by atoms with Gasteiger partial charge < -0.3 is 10.1 Å². The normalized spacial score (nSPS) is 37.1. The fourth-order valence-electron chi connectivity index (χ4n) is 1.18. The lowest BCUT2D eigenvalue weighted by molar-refractivity contribution is 0.0653. The standard InChI is InChI=1S/C5H11N5O/c1-2-11-3-4(6-1)5-7-9-10-8-5/h4-6H,1-3H2,(H,7,10)(H,8,9). The summed E-state index contributed by atoms with van der Waals surface area (Å²) >= 11 is 0. The highest BCUT2D eigenvalue weighted by atomic mass is 16.5. The van der Waals surface area contributed by atoms with Crippen LogP contribution in [0.5, 0.6) is 0 Å². The maximum absolute atomic E-state index is 5.26. The Morgan fingerprint density at radius 1 is 1.45 bits per heavy atom. The van der Waals surface area contributed by atoms with Crippen LogP contribution in [0.4, 0.5) is 0 Å². The van der Waals surface area contributed by atoms with E-state index in [4.69, 9.17) is 4.74 Å². The minimum Gasteiger partial charge on any atom is -0.378 e. The molecule has 62 valence electrons. The summed E-state index contributed by atoms with van der Waals surface area (Å²) in [4.78, 5) is 0. The molecule has 2 rings (SSSR count). The van der Waals surface area contributed by atoms with Gasteiger partial charge in [-0.15, -0.1) is 5.11 Å². The van der Waals surface area contributed by atoms with Crippen LogP contribution in [-0.4, -0.2) is 32.0 Å². The molecule has 1 fully saturated rings. The first-order valence-corrected chi connectivity index (χ1v) is 3.68. The van der Waals surface area contributed by atoms with Gasteiger partial charge in [-0.3, -0.25) is 0 Å². The first kappa shape index (κ1) is 6.96. The summed E-state index contributed by atoms with van der Waals surface area (Å²) in [5, 5.41) is 10.8. The number of ether oxygens (including phenoxy) is 1. The monoisotopic (exact) mass is 157 g/mol. The first-order chi connectivity index (χ1) is 5.47. The number of nitrogens with zero attached hydrogens (tertiary/aromatic N) is 2. The van der Waals surface area contributed by atoms with E-state index in [0.29, 0.717) is 6.61 Å². The molecular weight excluding hydrogens is 146 g/mol. The van der Waals surface area contributed by atoms with Gasteiger partial charge in [-0.25, -0.2) is 5.53 Å². The first-order valence-electron chi connectivity index (χ1n) is 3.68. The highest BCUT2D eigenvalue weighted by Crippen LogP contribution is 2.02. The summed E-state index contributed by atoms with van der Waals surface area (Å²) < 4.78 is 5.26. The van der Waals surface area contributed by atoms with E-state index in [1.165, 1.54) is 0 Å². The molecule has 0 radical (unpaired) electrons. The third-order valence-electron chi connectivity index (χ3n) is 1.78. The van der Waals surface area contributed by atoms with Crippen molar-refractivity contribution in [2.45, 2.75) is 12.2 Å². The molecule has 0 bridgehead atoms. The molecule has 1 saturated heterocycles. The van der Waals surface area contributed by atoms with Crippen LogP contribution >= 0.6 is 0 Å². The molecule has 3 N–H and O–H groups in total. The quantitative estimate of drug-likeness (QED) is 0.446. The average molecular weight is 157 g/mol. The van der Waals surface area contributed by atoms with Crippen LogP contribution in [0.15, 0.2) is 10.3 Å². The van der Waals surface area contributed by atoms with Gasteiger partial charge in [0.2, 0.25) is 0 Å². The Labute approximate surface area is 64.3 Å². The Hall–Kier alpha value is -0.720. The van der Waals surface area contributed by atoms with Crippen molar-refractivity contribution < 1.29 is 4.74 Å². The Balaban J connectivity index is 1.87. The molecule has 2 atom stereocenters. The molecule has 11 heavy (non-hydrogen) atoms. The third-order valence-corrected chi connectivity index (χ3v) is 1.78. The van der Waals surface area contributed by atoms with Crippen LogP contribution in [-0.2, 0) is 4.74 Å². The van der Waals surface area contributed by atoms with Gasteiger partial charge in [0.1, 0.15) is 0 Å². The minimum absolute atomic E-state index is 0.00954. The molecule has 0 aromatic heterocycles. The molecule has 0 spiro atoms. The predicted octanol–water partition coefficient (Wildman–Crippen LogP) is -1.22. The molecule has 2 unspecified atom stereocenters. The SMILES string of the molecule is C1COCC(C2N=NNN2)N1. The van der Waals surface area contributed by atoms with Gasteiger partial charge in [0.25, 0.3) is 0 Å². The van der Waals surface area contributed by atoms with Gasteiger partial charge in [-0.2, -0.15) is 5.43 Å². The molecule has 0 aromatic rings. The number of hydrogen-bond donors (Lipinski definition) is 3. The molecule has 2 aliphatic heterocycles. The number of morpholine rings is 1. The molecule has 2 heterocycles. The van der Waals surface area contributed by atoms with Crippen molar-refractivity contribution >= 4 is 0 Å². The molecule has 6 nitrogen and oxygen atoms in total. The van der Waals surface area contributed by atoms with E-state index in [1.54, 1.807) is 0 Å². The van der Waals surface area contributed by atoms with Gasteiger partial charge in [0.15, 0.2) is 6.17 Å². The lowest BCUT2D eigenvalue weighted by Gasteiger charge is -2.25. The van der Waals surface area contributed by atoms with Gasteiger partial charge in [0.05, 0.1) is 19.3 Å². The maximum Gasteiger partial charge on any atom is 0.158 e. The second-order valence-electron chi connectivity index (χ2n) is 2.55. The molecule has 2 aliphatic rings. The van der Waals surface area contributed by atoms with E-state index in [-0.39, 0.29) is 12.2 Å². The van der Waals surface area contributed by atoms with Gasteiger partial charge >= 0.3 is 0 Å². The topological polar surface area (TPSA) is 70.0 Å². The van der Waals surface area contributed by atoms with Crippen molar-refractivity contribution in [1.29, 1.82) is 0 Å². The van der Waals surface area contributed by atoms with Gasteiger partial charge in [-0.1, -0.05) is 5.22 Å². The van der Waals surface area contributed by atoms with Crippen molar-refractivity contribution in [2.24, 2.45) is 10.3 Å². The summed E-state index contributed by atoms with van der Waals surface area (Å²) in [7, 11) is 0. The molecule has 0 amide bonds. The summed E-state index contributed by atoms with van der Waals surface area (Å²) in [6, 6.07) is 0.238. The average Bonchev–Trinajstić information content (AvgIpc) is 2.58. The number of nitrogens with one attached hydrogen (secondary N) is 3. The van der Waals surface area contributed by atoms with Crippen molar-refractivity contribution in [3.8, 4) is 0 Å². The van der Waals surface area contributed by atoms with E-state index in [9.17, 15) is 0 Å².